The molecule has 4 rings (SSSR count). The van der Waals surface area contributed by atoms with Crippen molar-refractivity contribution in [3.63, 3.8) is 0 Å². The molecule has 1 amide bonds. The topological polar surface area (TPSA) is 103 Å². The zero-order valence-electron chi connectivity index (χ0n) is 17.4. The summed E-state index contributed by atoms with van der Waals surface area (Å²) in [6, 6.07) is 18.2. The van der Waals surface area contributed by atoms with Gasteiger partial charge in [0.2, 0.25) is 0 Å². The van der Waals surface area contributed by atoms with Crippen LogP contribution in [0.5, 0.6) is 5.75 Å². The number of benzene rings is 3. The Hall–Kier alpha value is -4.46. The van der Waals surface area contributed by atoms with Crippen LogP contribution in [0, 0.1) is 17.0 Å². The Labute approximate surface area is 182 Å². The fourth-order valence-electron chi connectivity index (χ4n) is 3.55. The number of hydrogen-bond acceptors (Lipinski definition) is 5. The van der Waals surface area contributed by atoms with E-state index < -0.39 is 10.8 Å². The number of anilines is 1. The summed E-state index contributed by atoms with van der Waals surface area (Å²) in [5.74, 6) is 0.161. The van der Waals surface area contributed by atoms with Crippen molar-refractivity contribution >= 4 is 28.1 Å². The lowest BCUT2D eigenvalue weighted by molar-refractivity contribution is -0.385. The van der Waals surface area contributed by atoms with Gasteiger partial charge in [-0.3, -0.25) is 24.3 Å². The number of nitro groups is 1. The predicted molar refractivity (Wildman–Crippen MR) is 122 cm³/mol. The van der Waals surface area contributed by atoms with Crippen LogP contribution < -0.4 is 15.6 Å². The van der Waals surface area contributed by atoms with E-state index in [1.54, 1.807) is 68.6 Å². The van der Waals surface area contributed by atoms with Crippen molar-refractivity contribution in [1.82, 2.24) is 4.57 Å². The zero-order chi connectivity index (χ0) is 22.8. The number of ether oxygens (including phenoxy) is 1. The van der Waals surface area contributed by atoms with Crippen LogP contribution in [0.15, 0.2) is 77.7 Å². The van der Waals surface area contributed by atoms with Gasteiger partial charge >= 0.3 is 0 Å². The quantitative estimate of drug-likeness (QED) is 0.372. The van der Waals surface area contributed by atoms with Crippen molar-refractivity contribution in [1.29, 1.82) is 0 Å². The highest BCUT2D eigenvalue weighted by atomic mass is 16.6. The molecule has 160 valence electrons. The number of rotatable bonds is 5. The van der Waals surface area contributed by atoms with E-state index in [9.17, 15) is 19.7 Å². The normalized spacial score (nSPS) is 10.7. The number of aromatic nitrogens is 1. The van der Waals surface area contributed by atoms with Gasteiger partial charge in [-0.15, -0.1) is 0 Å². The summed E-state index contributed by atoms with van der Waals surface area (Å²) in [4.78, 5) is 37.1. The number of hydrogen-bond donors (Lipinski definition) is 1. The van der Waals surface area contributed by atoms with Gasteiger partial charge in [-0.25, -0.2) is 0 Å². The van der Waals surface area contributed by atoms with Gasteiger partial charge in [-0.2, -0.15) is 0 Å². The van der Waals surface area contributed by atoms with Gasteiger partial charge in [0.15, 0.2) is 0 Å². The molecule has 0 saturated heterocycles. The maximum Gasteiger partial charge on any atom is 0.274 e. The molecule has 0 aliphatic rings. The first-order valence-corrected chi connectivity index (χ1v) is 9.75. The van der Waals surface area contributed by atoms with Gasteiger partial charge in [-0.1, -0.05) is 24.3 Å². The SMILES string of the molecule is COc1ccc(-n2cc(C(=O)Nc3cccc([N+](=O)[O-])c3C)c3ccccc3c2=O)cc1. The second-order valence-electron chi connectivity index (χ2n) is 7.12. The van der Waals surface area contributed by atoms with Gasteiger partial charge in [0.1, 0.15) is 5.75 Å². The van der Waals surface area contributed by atoms with E-state index in [4.69, 9.17) is 4.74 Å². The van der Waals surface area contributed by atoms with Crippen LogP contribution in [0.2, 0.25) is 0 Å². The van der Waals surface area contributed by atoms with E-state index in [0.29, 0.717) is 33.5 Å². The van der Waals surface area contributed by atoms with E-state index in [-0.39, 0.29) is 16.8 Å². The minimum Gasteiger partial charge on any atom is -0.497 e. The summed E-state index contributed by atoms with van der Waals surface area (Å²) in [6.45, 7) is 1.57. The largest absolute Gasteiger partial charge is 0.497 e. The summed E-state index contributed by atoms with van der Waals surface area (Å²) in [5, 5.41) is 14.9. The third-order valence-corrected chi connectivity index (χ3v) is 5.27. The number of nitrogens with zero attached hydrogens (tertiary/aromatic N) is 2. The molecule has 8 heteroatoms. The van der Waals surface area contributed by atoms with Crippen LogP contribution in [0.25, 0.3) is 16.5 Å². The highest BCUT2D eigenvalue weighted by molar-refractivity contribution is 6.13. The Morgan fingerprint density at radius 3 is 2.34 bits per heavy atom. The third-order valence-electron chi connectivity index (χ3n) is 5.27. The third kappa shape index (κ3) is 3.69. The lowest BCUT2D eigenvalue weighted by atomic mass is 10.1. The predicted octanol–water partition coefficient (Wildman–Crippen LogP) is 4.47. The van der Waals surface area contributed by atoms with Crippen molar-refractivity contribution in [2.45, 2.75) is 6.92 Å². The van der Waals surface area contributed by atoms with Crippen LogP contribution >= 0.6 is 0 Å². The van der Waals surface area contributed by atoms with E-state index in [1.807, 2.05) is 0 Å². The molecule has 1 N–H and O–H groups in total. The molecule has 1 heterocycles. The minimum absolute atomic E-state index is 0.0872. The number of fused-ring (bicyclic) bond motifs is 1. The lowest BCUT2D eigenvalue weighted by Crippen LogP contribution is -2.23. The highest BCUT2D eigenvalue weighted by Crippen LogP contribution is 2.26. The fraction of sp³-hybridized carbons (Fsp3) is 0.0833. The number of methoxy groups -OCH3 is 1. The Bertz CT molecular complexity index is 1410. The lowest BCUT2D eigenvalue weighted by Gasteiger charge is -2.14. The average Bonchev–Trinajstić information content (AvgIpc) is 2.80. The molecule has 0 fully saturated rings. The summed E-state index contributed by atoms with van der Waals surface area (Å²) in [6.07, 6.45) is 1.48. The maximum atomic E-state index is 13.2. The summed E-state index contributed by atoms with van der Waals surface area (Å²) < 4.78 is 6.57. The van der Waals surface area contributed by atoms with Gasteiger partial charge in [0.25, 0.3) is 17.2 Å². The first-order valence-electron chi connectivity index (χ1n) is 9.75. The van der Waals surface area contributed by atoms with E-state index >= 15 is 0 Å². The highest BCUT2D eigenvalue weighted by Gasteiger charge is 2.19. The van der Waals surface area contributed by atoms with Crippen molar-refractivity contribution in [2.24, 2.45) is 0 Å². The average molecular weight is 429 g/mol. The number of carbonyl (C=O) groups excluding carboxylic acids is 1. The van der Waals surface area contributed by atoms with Crippen molar-refractivity contribution < 1.29 is 14.5 Å². The van der Waals surface area contributed by atoms with Gasteiger partial charge in [-0.05, 0) is 43.3 Å². The standard InChI is InChI=1S/C24H19N3O5/c1-15-21(8-5-9-22(15)27(30)31)25-23(28)20-14-26(16-10-12-17(32-2)13-11-16)24(29)19-7-4-3-6-18(19)20/h3-14H,1-2H3,(H,25,28). The molecule has 0 spiro atoms. The van der Waals surface area contributed by atoms with Crippen molar-refractivity contribution in [2.75, 3.05) is 12.4 Å². The first kappa shape index (κ1) is 20.8. The first-order chi connectivity index (χ1) is 15.4. The molecule has 8 nitrogen and oxygen atoms in total. The second kappa shape index (κ2) is 8.35. The maximum absolute atomic E-state index is 13.2. The smallest absolute Gasteiger partial charge is 0.274 e. The van der Waals surface area contributed by atoms with Crippen molar-refractivity contribution in [3.8, 4) is 11.4 Å². The van der Waals surface area contributed by atoms with E-state index in [1.165, 1.54) is 22.9 Å². The summed E-state index contributed by atoms with van der Waals surface area (Å²) >= 11 is 0. The number of nitrogens with one attached hydrogen (secondary N) is 1. The summed E-state index contributed by atoms with van der Waals surface area (Å²) in [5.41, 5.74) is 1.16. The Kier molecular flexibility index (Phi) is 5.43. The van der Waals surface area contributed by atoms with Crippen LogP contribution in [0.1, 0.15) is 15.9 Å². The molecule has 4 aromatic rings. The molecule has 0 radical (unpaired) electrons. The molecule has 3 aromatic carbocycles. The number of nitro benzene ring substituents is 1. The molecule has 0 aliphatic heterocycles. The zero-order valence-corrected chi connectivity index (χ0v) is 17.4. The van der Waals surface area contributed by atoms with Gasteiger partial charge < -0.3 is 10.1 Å². The van der Waals surface area contributed by atoms with Crippen LogP contribution in [-0.2, 0) is 0 Å². The van der Waals surface area contributed by atoms with E-state index in [0.717, 1.165) is 0 Å². The molecule has 0 bridgehead atoms. The second-order valence-corrected chi connectivity index (χ2v) is 7.12. The fourth-order valence-corrected chi connectivity index (χ4v) is 3.55. The minimum atomic E-state index is -0.496. The monoisotopic (exact) mass is 429 g/mol. The Morgan fingerprint density at radius 2 is 1.69 bits per heavy atom. The molecular weight excluding hydrogens is 410 g/mol. The number of pyridine rings is 1. The number of amides is 1. The Morgan fingerprint density at radius 1 is 1.00 bits per heavy atom. The van der Waals surface area contributed by atoms with Gasteiger partial charge in [0, 0.05) is 28.7 Å². The number of carbonyl (C=O) groups is 1. The molecular formula is C24H19N3O5. The van der Waals surface area contributed by atoms with Crippen molar-refractivity contribution in [3.05, 3.63) is 105 Å². The molecule has 0 aliphatic carbocycles. The van der Waals surface area contributed by atoms with Gasteiger partial charge in [0.05, 0.1) is 28.8 Å². The molecule has 0 saturated carbocycles. The van der Waals surface area contributed by atoms with Crippen LogP contribution in [0.4, 0.5) is 11.4 Å². The molecule has 1 aromatic heterocycles. The van der Waals surface area contributed by atoms with E-state index in [2.05, 4.69) is 5.32 Å². The molecule has 32 heavy (non-hydrogen) atoms. The Balaban J connectivity index is 1.84. The molecule has 0 unspecified atom stereocenters. The van der Waals surface area contributed by atoms with Crippen LogP contribution in [0.3, 0.4) is 0 Å². The summed E-state index contributed by atoms with van der Waals surface area (Å²) in [7, 11) is 1.55. The molecule has 0 atom stereocenters. The van der Waals surface area contributed by atoms with Crippen LogP contribution in [-0.4, -0.2) is 22.5 Å².